The van der Waals surface area contributed by atoms with E-state index in [-0.39, 0.29) is 12.4 Å². The lowest BCUT2D eigenvalue weighted by atomic mass is 10.00. The Morgan fingerprint density at radius 2 is 2.29 bits per heavy atom. The fraction of sp³-hybridized carbons (Fsp3) is 0.538. The second-order valence-corrected chi connectivity index (χ2v) is 4.91. The summed E-state index contributed by atoms with van der Waals surface area (Å²) in [6.07, 6.45) is 2.65. The first-order chi connectivity index (χ1) is 7.84. The molecule has 17 heavy (non-hydrogen) atoms. The Kier molecular flexibility index (Phi) is 6.90. The summed E-state index contributed by atoms with van der Waals surface area (Å²) in [4.78, 5) is 0. The number of halogens is 2. The summed E-state index contributed by atoms with van der Waals surface area (Å²) >= 11 is 5.93. The summed E-state index contributed by atoms with van der Waals surface area (Å²) in [5.41, 5.74) is 1.26. The van der Waals surface area contributed by atoms with Crippen molar-refractivity contribution in [2.24, 2.45) is 5.92 Å². The molecule has 2 N–H and O–H groups in total. The number of benzene rings is 1. The van der Waals surface area contributed by atoms with Crippen molar-refractivity contribution in [1.82, 2.24) is 10.6 Å². The minimum Gasteiger partial charge on any atom is -0.316 e. The van der Waals surface area contributed by atoms with Gasteiger partial charge >= 0.3 is 0 Å². The SMILES string of the molecule is Cl.Clc1cccc(CNCC2CCCNC2)c1. The molecule has 1 aromatic rings. The first-order valence-corrected chi connectivity index (χ1v) is 6.38. The molecule has 1 heterocycles. The van der Waals surface area contributed by atoms with Crippen LogP contribution in [0, 0.1) is 5.92 Å². The van der Waals surface area contributed by atoms with Gasteiger partial charge in [-0.1, -0.05) is 23.7 Å². The van der Waals surface area contributed by atoms with Gasteiger partial charge in [-0.05, 0) is 56.1 Å². The van der Waals surface area contributed by atoms with Crippen LogP contribution in [0.25, 0.3) is 0 Å². The molecular weight excluding hydrogens is 255 g/mol. The number of hydrogen-bond donors (Lipinski definition) is 2. The monoisotopic (exact) mass is 274 g/mol. The van der Waals surface area contributed by atoms with E-state index < -0.39 is 0 Å². The van der Waals surface area contributed by atoms with Crippen molar-refractivity contribution >= 4 is 24.0 Å². The van der Waals surface area contributed by atoms with E-state index in [2.05, 4.69) is 16.7 Å². The van der Waals surface area contributed by atoms with Crippen molar-refractivity contribution in [3.63, 3.8) is 0 Å². The van der Waals surface area contributed by atoms with E-state index in [1.807, 2.05) is 18.2 Å². The summed E-state index contributed by atoms with van der Waals surface area (Å²) in [6, 6.07) is 8.04. The highest BCUT2D eigenvalue weighted by molar-refractivity contribution is 6.30. The Bertz CT molecular complexity index is 325. The predicted molar refractivity (Wildman–Crippen MR) is 76.0 cm³/mol. The summed E-state index contributed by atoms with van der Waals surface area (Å²) in [6.45, 7) is 4.35. The fourth-order valence-electron chi connectivity index (χ4n) is 2.17. The maximum absolute atomic E-state index is 5.93. The molecule has 0 aromatic heterocycles. The van der Waals surface area contributed by atoms with Crippen LogP contribution >= 0.6 is 24.0 Å². The smallest absolute Gasteiger partial charge is 0.0409 e. The molecule has 0 aliphatic carbocycles. The minimum atomic E-state index is 0. The Morgan fingerprint density at radius 1 is 1.41 bits per heavy atom. The lowest BCUT2D eigenvalue weighted by Crippen LogP contribution is -2.35. The van der Waals surface area contributed by atoms with Gasteiger partial charge in [0, 0.05) is 11.6 Å². The Labute approximate surface area is 115 Å². The first kappa shape index (κ1) is 14.8. The van der Waals surface area contributed by atoms with E-state index >= 15 is 0 Å². The summed E-state index contributed by atoms with van der Waals surface area (Å²) in [5.74, 6) is 0.785. The fourth-order valence-corrected chi connectivity index (χ4v) is 2.38. The van der Waals surface area contributed by atoms with Gasteiger partial charge in [-0.2, -0.15) is 0 Å². The summed E-state index contributed by atoms with van der Waals surface area (Å²) in [7, 11) is 0. The summed E-state index contributed by atoms with van der Waals surface area (Å²) in [5, 5.41) is 7.75. The maximum Gasteiger partial charge on any atom is 0.0409 e. The van der Waals surface area contributed by atoms with Gasteiger partial charge in [-0.15, -0.1) is 12.4 Å². The average molecular weight is 275 g/mol. The molecule has 1 fully saturated rings. The van der Waals surface area contributed by atoms with Crippen LogP contribution in [-0.4, -0.2) is 19.6 Å². The van der Waals surface area contributed by atoms with E-state index in [1.54, 1.807) is 0 Å². The van der Waals surface area contributed by atoms with Crippen molar-refractivity contribution in [2.75, 3.05) is 19.6 Å². The van der Waals surface area contributed by atoms with Crippen LogP contribution < -0.4 is 10.6 Å². The topological polar surface area (TPSA) is 24.1 Å². The van der Waals surface area contributed by atoms with Gasteiger partial charge in [-0.25, -0.2) is 0 Å². The van der Waals surface area contributed by atoms with Gasteiger partial charge < -0.3 is 10.6 Å². The van der Waals surface area contributed by atoms with Crippen molar-refractivity contribution in [1.29, 1.82) is 0 Å². The third kappa shape index (κ3) is 5.26. The molecule has 1 aliphatic heterocycles. The molecule has 2 nitrogen and oxygen atoms in total. The van der Waals surface area contributed by atoms with E-state index in [0.717, 1.165) is 30.6 Å². The number of piperidine rings is 1. The molecule has 1 atom stereocenters. The van der Waals surface area contributed by atoms with E-state index in [9.17, 15) is 0 Å². The lowest BCUT2D eigenvalue weighted by Gasteiger charge is -2.22. The Balaban J connectivity index is 0.00000144. The normalized spacial score (nSPS) is 19.7. The highest BCUT2D eigenvalue weighted by Gasteiger charge is 2.11. The molecule has 1 aliphatic rings. The average Bonchev–Trinajstić information content (AvgIpc) is 2.30. The van der Waals surface area contributed by atoms with Gasteiger partial charge in [0.2, 0.25) is 0 Å². The van der Waals surface area contributed by atoms with Crippen LogP contribution in [0.5, 0.6) is 0 Å². The van der Waals surface area contributed by atoms with E-state index in [4.69, 9.17) is 11.6 Å². The van der Waals surface area contributed by atoms with Crippen molar-refractivity contribution < 1.29 is 0 Å². The van der Waals surface area contributed by atoms with E-state index in [1.165, 1.54) is 24.9 Å². The zero-order valence-electron chi connectivity index (χ0n) is 9.92. The molecule has 4 heteroatoms. The highest BCUT2D eigenvalue weighted by Crippen LogP contribution is 2.11. The second-order valence-electron chi connectivity index (χ2n) is 4.47. The zero-order valence-corrected chi connectivity index (χ0v) is 11.5. The standard InChI is InChI=1S/C13H19ClN2.ClH/c14-13-5-1-3-11(7-13)8-16-10-12-4-2-6-15-9-12;/h1,3,5,7,12,15-16H,2,4,6,8-10H2;1H. The van der Waals surface area contributed by atoms with Crippen LogP contribution in [0.3, 0.4) is 0 Å². The Morgan fingerprint density at radius 3 is 3.00 bits per heavy atom. The third-order valence-electron chi connectivity index (χ3n) is 3.05. The van der Waals surface area contributed by atoms with E-state index in [0.29, 0.717) is 0 Å². The molecule has 0 saturated carbocycles. The third-order valence-corrected chi connectivity index (χ3v) is 3.29. The van der Waals surface area contributed by atoms with Crippen LogP contribution in [0.15, 0.2) is 24.3 Å². The molecule has 2 rings (SSSR count). The van der Waals surface area contributed by atoms with Crippen molar-refractivity contribution in [2.45, 2.75) is 19.4 Å². The van der Waals surface area contributed by atoms with Gasteiger partial charge in [0.05, 0.1) is 0 Å². The second kappa shape index (κ2) is 7.93. The predicted octanol–water partition coefficient (Wildman–Crippen LogP) is 2.85. The molecule has 1 saturated heterocycles. The molecular formula is C13H20Cl2N2. The molecule has 96 valence electrons. The lowest BCUT2D eigenvalue weighted by molar-refractivity contribution is 0.360. The molecule has 0 amide bonds. The van der Waals surface area contributed by atoms with Crippen LogP contribution in [0.2, 0.25) is 5.02 Å². The van der Waals surface area contributed by atoms with Gasteiger partial charge in [-0.3, -0.25) is 0 Å². The highest BCUT2D eigenvalue weighted by atomic mass is 35.5. The van der Waals surface area contributed by atoms with Crippen molar-refractivity contribution in [3.05, 3.63) is 34.9 Å². The number of hydrogen-bond acceptors (Lipinski definition) is 2. The van der Waals surface area contributed by atoms with Crippen LogP contribution in [-0.2, 0) is 6.54 Å². The summed E-state index contributed by atoms with van der Waals surface area (Å²) < 4.78 is 0. The largest absolute Gasteiger partial charge is 0.316 e. The van der Waals surface area contributed by atoms with Crippen molar-refractivity contribution in [3.8, 4) is 0 Å². The molecule has 0 bridgehead atoms. The molecule has 1 unspecified atom stereocenters. The quantitative estimate of drug-likeness (QED) is 0.883. The molecule has 0 radical (unpaired) electrons. The van der Waals surface area contributed by atoms with Crippen LogP contribution in [0.1, 0.15) is 18.4 Å². The first-order valence-electron chi connectivity index (χ1n) is 6.00. The maximum atomic E-state index is 5.93. The van der Waals surface area contributed by atoms with Crippen LogP contribution in [0.4, 0.5) is 0 Å². The molecule has 1 aromatic carbocycles. The molecule has 0 spiro atoms. The van der Waals surface area contributed by atoms with Gasteiger partial charge in [0.25, 0.3) is 0 Å². The number of rotatable bonds is 4. The van der Waals surface area contributed by atoms with Gasteiger partial charge in [0.1, 0.15) is 0 Å². The van der Waals surface area contributed by atoms with Gasteiger partial charge in [0.15, 0.2) is 0 Å². The Hall–Kier alpha value is -0.280. The number of nitrogens with one attached hydrogen (secondary N) is 2. The minimum absolute atomic E-state index is 0. The zero-order chi connectivity index (χ0) is 11.2.